The molecule has 2 amide bonds. The summed E-state index contributed by atoms with van der Waals surface area (Å²) in [5.74, 6) is -0.398. The number of carbonyl (C=O) groups excluding carboxylic acids is 2. The van der Waals surface area contributed by atoms with Crippen molar-refractivity contribution in [3.63, 3.8) is 0 Å². The highest BCUT2D eigenvalue weighted by Gasteiger charge is 2.34. The van der Waals surface area contributed by atoms with Gasteiger partial charge in [-0.25, -0.2) is 4.98 Å². The van der Waals surface area contributed by atoms with Crippen molar-refractivity contribution >= 4 is 29.0 Å². The Hall–Kier alpha value is -3.13. The van der Waals surface area contributed by atoms with E-state index in [2.05, 4.69) is 58.3 Å². The van der Waals surface area contributed by atoms with Gasteiger partial charge in [-0.3, -0.25) is 9.59 Å². The van der Waals surface area contributed by atoms with Gasteiger partial charge in [-0.2, -0.15) is 0 Å². The van der Waals surface area contributed by atoms with Gasteiger partial charge in [-0.15, -0.1) is 0 Å². The highest BCUT2D eigenvalue weighted by atomic mass is 16.2. The van der Waals surface area contributed by atoms with E-state index in [0.29, 0.717) is 24.0 Å². The maximum absolute atomic E-state index is 13.3. The first-order valence-corrected chi connectivity index (χ1v) is 11.7. The van der Waals surface area contributed by atoms with Crippen LogP contribution in [0.1, 0.15) is 36.9 Å². The summed E-state index contributed by atoms with van der Waals surface area (Å²) in [5.41, 5.74) is 9.26. The fourth-order valence-electron chi connectivity index (χ4n) is 4.69. The molecule has 2 saturated heterocycles. The maximum Gasteiger partial charge on any atom is 0.313 e. The van der Waals surface area contributed by atoms with Crippen LogP contribution in [0.15, 0.2) is 36.5 Å². The van der Waals surface area contributed by atoms with Crippen LogP contribution in [0.25, 0.3) is 0 Å². The second kappa shape index (κ2) is 9.79. The predicted octanol–water partition coefficient (Wildman–Crippen LogP) is 2.66. The molecule has 3 heterocycles. The highest BCUT2D eigenvalue weighted by molar-refractivity contribution is 6.39. The standard InChI is InChI=1S/C25H34N6O2/c1-17-7-8-22(19-5-4-6-21(14-19)30-11-9-29(3)10-12-30)31(16-17)25(33)24(32)28-20-13-18(2)23(26)27-15-20/h4-6,13-15,17,22H,7-12,16H2,1-3H3,(H2,26,27)(H,28,32)/t17-,22?/m0/s1. The second-order valence-electron chi connectivity index (χ2n) is 9.42. The van der Waals surface area contributed by atoms with Crippen LogP contribution < -0.4 is 16.0 Å². The Morgan fingerprint density at radius 1 is 1.12 bits per heavy atom. The van der Waals surface area contributed by atoms with E-state index < -0.39 is 11.8 Å². The molecule has 8 nitrogen and oxygen atoms in total. The quantitative estimate of drug-likeness (QED) is 0.698. The molecular weight excluding hydrogens is 416 g/mol. The van der Waals surface area contributed by atoms with E-state index in [-0.39, 0.29) is 6.04 Å². The van der Waals surface area contributed by atoms with Crippen LogP contribution in [0.4, 0.5) is 17.2 Å². The van der Waals surface area contributed by atoms with E-state index in [1.54, 1.807) is 11.0 Å². The third-order valence-corrected chi connectivity index (χ3v) is 6.77. The molecule has 1 aromatic heterocycles. The van der Waals surface area contributed by atoms with Gasteiger partial charge in [0.15, 0.2) is 0 Å². The van der Waals surface area contributed by atoms with Crippen LogP contribution in [0.2, 0.25) is 0 Å². The zero-order valence-corrected chi connectivity index (χ0v) is 19.8. The van der Waals surface area contributed by atoms with Gasteiger partial charge in [-0.1, -0.05) is 19.1 Å². The van der Waals surface area contributed by atoms with Crippen LogP contribution in [0.3, 0.4) is 0 Å². The molecule has 0 radical (unpaired) electrons. The molecule has 2 atom stereocenters. The second-order valence-corrected chi connectivity index (χ2v) is 9.42. The SMILES string of the molecule is Cc1cc(NC(=O)C(=O)N2C[C@@H](C)CCC2c2cccc(N3CCN(C)CC3)c2)cnc1N. The van der Waals surface area contributed by atoms with Gasteiger partial charge in [0.1, 0.15) is 5.82 Å². The van der Waals surface area contributed by atoms with Gasteiger partial charge in [0.2, 0.25) is 0 Å². The molecule has 4 rings (SSSR count). The average Bonchev–Trinajstić information content (AvgIpc) is 2.81. The predicted molar refractivity (Wildman–Crippen MR) is 131 cm³/mol. The number of pyridine rings is 1. The van der Waals surface area contributed by atoms with Gasteiger partial charge in [0.05, 0.1) is 17.9 Å². The summed E-state index contributed by atoms with van der Waals surface area (Å²) in [6.45, 7) is 8.56. The van der Waals surface area contributed by atoms with Gasteiger partial charge >= 0.3 is 11.8 Å². The Morgan fingerprint density at radius 3 is 2.61 bits per heavy atom. The van der Waals surface area contributed by atoms with Crippen molar-refractivity contribution in [1.82, 2.24) is 14.8 Å². The molecule has 8 heteroatoms. The van der Waals surface area contributed by atoms with Crippen LogP contribution >= 0.6 is 0 Å². The Bertz CT molecular complexity index is 1020. The molecule has 0 bridgehead atoms. The van der Waals surface area contributed by atoms with Gasteiger partial charge in [-0.05, 0) is 62.1 Å². The minimum absolute atomic E-state index is 0.113. The van der Waals surface area contributed by atoms with Gasteiger partial charge < -0.3 is 25.8 Å². The number of hydrogen-bond donors (Lipinski definition) is 2. The van der Waals surface area contributed by atoms with Gasteiger partial charge in [0, 0.05) is 38.4 Å². The van der Waals surface area contributed by atoms with Crippen LogP contribution in [0, 0.1) is 12.8 Å². The molecule has 0 spiro atoms. The van der Waals surface area contributed by atoms with Crippen LogP contribution in [-0.2, 0) is 9.59 Å². The zero-order chi connectivity index (χ0) is 23.5. The van der Waals surface area contributed by atoms with Crippen molar-refractivity contribution in [2.24, 2.45) is 5.92 Å². The molecule has 1 aromatic carbocycles. The van der Waals surface area contributed by atoms with Crippen molar-refractivity contribution < 1.29 is 9.59 Å². The number of aryl methyl sites for hydroxylation is 1. The van der Waals surface area contributed by atoms with E-state index in [1.807, 2.05) is 6.92 Å². The average molecular weight is 451 g/mol. The number of piperidine rings is 1. The van der Waals surface area contributed by atoms with Crippen LogP contribution in [-0.4, -0.2) is 66.4 Å². The van der Waals surface area contributed by atoms with Crippen molar-refractivity contribution in [2.45, 2.75) is 32.7 Å². The molecule has 2 aliphatic heterocycles. The largest absolute Gasteiger partial charge is 0.383 e. The molecule has 2 aliphatic rings. The minimum atomic E-state index is -0.643. The highest BCUT2D eigenvalue weighted by Crippen LogP contribution is 2.35. The number of nitrogens with two attached hydrogens (primary N) is 1. The number of hydrogen-bond acceptors (Lipinski definition) is 6. The number of anilines is 3. The Labute approximate surface area is 195 Å². The summed E-state index contributed by atoms with van der Waals surface area (Å²) in [6.07, 6.45) is 3.34. The third kappa shape index (κ3) is 5.27. The number of carbonyl (C=O) groups is 2. The first kappa shape index (κ1) is 23.0. The molecule has 2 fully saturated rings. The summed E-state index contributed by atoms with van der Waals surface area (Å²) in [7, 11) is 2.15. The summed E-state index contributed by atoms with van der Waals surface area (Å²) in [6, 6.07) is 10.1. The van der Waals surface area contributed by atoms with E-state index in [4.69, 9.17) is 5.73 Å². The molecule has 3 N–H and O–H groups in total. The molecule has 2 aromatic rings. The molecule has 176 valence electrons. The topological polar surface area (TPSA) is 94.8 Å². The van der Waals surface area contributed by atoms with E-state index >= 15 is 0 Å². The Morgan fingerprint density at radius 2 is 1.88 bits per heavy atom. The number of likely N-dealkylation sites (N-methyl/N-ethyl adjacent to an activating group) is 1. The number of nitrogens with zero attached hydrogens (tertiary/aromatic N) is 4. The smallest absolute Gasteiger partial charge is 0.313 e. The fourth-order valence-corrected chi connectivity index (χ4v) is 4.69. The third-order valence-electron chi connectivity index (χ3n) is 6.77. The lowest BCUT2D eigenvalue weighted by atomic mass is 9.89. The Kier molecular flexibility index (Phi) is 6.83. The first-order chi connectivity index (χ1) is 15.8. The molecule has 33 heavy (non-hydrogen) atoms. The fraction of sp³-hybridized carbons (Fsp3) is 0.480. The number of nitrogen functional groups attached to an aromatic ring is 1. The summed E-state index contributed by atoms with van der Waals surface area (Å²) < 4.78 is 0. The van der Waals surface area contributed by atoms with Crippen molar-refractivity contribution in [3.8, 4) is 0 Å². The minimum Gasteiger partial charge on any atom is -0.383 e. The number of benzene rings is 1. The number of amides is 2. The molecule has 0 saturated carbocycles. The van der Waals surface area contributed by atoms with Crippen molar-refractivity contribution in [1.29, 1.82) is 0 Å². The maximum atomic E-state index is 13.3. The summed E-state index contributed by atoms with van der Waals surface area (Å²) in [4.78, 5) is 36.7. The lowest BCUT2D eigenvalue weighted by Gasteiger charge is -2.39. The van der Waals surface area contributed by atoms with E-state index in [1.165, 1.54) is 11.9 Å². The molecule has 1 unspecified atom stereocenters. The van der Waals surface area contributed by atoms with Crippen LogP contribution in [0.5, 0.6) is 0 Å². The lowest BCUT2D eigenvalue weighted by Crippen LogP contribution is -2.46. The normalized spacial score (nSPS) is 21.7. The molecule has 0 aliphatic carbocycles. The Balaban J connectivity index is 1.52. The van der Waals surface area contributed by atoms with E-state index in [0.717, 1.165) is 50.1 Å². The lowest BCUT2D eigenvalue weighted by molar-refractivity contribution is -0.146. The summed E-state index contributed by atoms with van der Waals surface area (Å²) in [5, 5.41) is 2.70. The number of rotatable bonds is 3. The van der Waals surface area contributed by atoms with Crippen molar-refractivity contribution in [3.05, 3.63) is 47.7 Å². The first-order valence-electron chi connectivity index (χ1n) is 11.7. The number of piperazine rings is 1. The monoisotopic (exact) mass is 450 g/mol. The number of nitrogens with one attached hydrogen (secondary N) is 1. The van der Waals surface area contributed by atoms with Gasteiger partial charge in [0.25, 0.3) is 0 Å². The number of likely N-dealkylation sites (tertiary alicyclic amines) is 1. The summed E-state index contributed by atoms with van der Waals surface area (Å²) >= 11 is 0. The van der Waals surface area contributed by atoms with Crippen molar-refractivity contribution in [2.75, 3.05) is 55.7 Å². The number of aromatic nitrogens is 1. The van der Waals surface area contributed by atoms with E-state index in [9.17, 15) is 9.59 Å². The zero-order valence-electron chi connectivity index (χ0n) is 19.8. The molecular formula is C25H34N6O2.